The summed E-state index contributed by atoms with van der Waals surface area (Å²) in [6, 6.07) is 16.1. The zero-order valence-corrected chi connectivity index (χ0v) is 12.0. The molecule has 3 rings (SSSR count). The van der Waals surface area contributed by atoms with Crippen molar-refractivity contribution < 1.29 is 4.39 Å². The summed E-state index contributed by atoms with van der Waals surface area (Å²) in [5.74, 6) is 0.346. The monoisotopic (exact) mass is 269 g/mol. The van der Waals surface area contributed by atoms with E-state index in [1.165, 1.54) is 17.2 Å². The Morgan fingerprint density at radius 1 is 1.05 bits per heavy atom. The molecule has 104 valence electrons. The van der Waals surface area contributed by atoms with Gasteiger partial charge in [-0.1, -0.05) is 36.4 Å². The van der Waals surface area contributed by atoms with Gasteiger partial charge in [0.25, 0.3) is 0 Å². The molecule has 0 saturated carbocycles. The van der Waals surface area contributed by atoms with E-state index in [1.54, 1.807) is 12.1 Å². The lowest BCUT2D eigenvalue weighted by Crippen LogP contribution is -2.17. The minimum absolute atomic E-state index is 0.141. The van der Waals surface area contributed by atoms with Crippen molar-refractivity contribution in [3.8, 4) is 0 Å². The Morgan fingerprint density at radius 3 is 2.50 bits per heavy atom. The summed E-state index contributed by atoms with van der Waals surface area (Å²) >= 11 is 0. The van der Waals surface area contributed by atoms with Gasteiger partial charge in [-0.05, 0) is 61.7 Å². The highest BCUT2D eigenvalue weighted by molar-refractivity contribution is 5.39. The van der Waals surface area contributed by atoms with Gasteiger partial charge >= 0.3 is 0 Å². The summed E-state index contributed by atoms with van der Waals surface area (Å²) < 4.78 is 13.3. The van der Waals surface area contributed by atoms with Gasteiger partial charge in [-0.25, -0.2) is 4.39 Å². The summed E-state index contributed by atoms with van der Waals surface area (Å²) in [5, 5.41) is 0. The van der Waals surface area contributed by atoms with E-state index in [9.17, 15) is 4.39 Å². The molecule has 2 heteroatoms. The molecule has 0 N–H and O–H groups in total. The van der Waals surface area contributed by atoms with Gasteiger partial charge in [0.1, 0.15) is 5.82 Å². The van der Waals surface area contributed by atoms with Gasteiger partial charge in [0.15, 0.2) is 0 Å². The number of fused-ring (bicyclic) bond motifs is 1. The lowest BCUT2D eigenvalue weighted by molar-refractivity contribution is 0.288. The summed E-state index contributed by atoms with van der Waals surface area (Å²) in [6.07, 6.45) is 2.03. The fourth-order valence-corrected chi connectivity index (χ4v) is 3.34. The smallest absolute Gasteiger partial charge is 0.123 e. The van der Waals surface area contributed by atoms with E-state index < -0.39 is 0 Å². The second-order valence-electron chi connectivity index (χ2n) is 5.87. The predicted molar refractivity (Wildman–Crippen MR) is 80.3 cm³/mol. The molecule has 0 bridgehead atoms. The van der Waals surface area contributed by atoms with Gasteiger partial charge < -0.3 is 4.90 Å². The first-order valence-electron chi connectivity index (χ1n) is 7.15. The fraction of sp³-hybridized carbons (Fsp3) is 0.333. The Morgan fingerprint density at radius 2 is 1.80 bits per heavy atom. The minimum Gasteiger partial charge on any atom is -0.302 e. The summed E-state index contributed by atoms with van der Waals surface area (Å²) in [6.45, 7) is 0. The molecule has 0 aliphatic heterocycles. The van der Waals surface area contributed by atoms with Crippen LogP contribution in [0.1, 0.15) is 35.1 Å². The van der Waals surface area contributed by atoms with Crippen LogP contribution in [0.2, 0.25) is 0 Å². The zero-order valence-electron chi connectivity index (χ0n) is 12.0. The Balaban J connectivity index is 1.88. The Kier molecular flexibility index (Phi) is 3.58. The first-order chi connectivity index (χ1) is 9.65. The fourth-order valence-electron chi connectivity index (χ4n) is 3.34. The maximum absolute atomic E-state index is 13.3. The Bertz CT molecular complexity index is 606. The lowest BCUT2D eigenvalue weighted by atomic mass is 9.93. The van der Waals surface area contributed by atoms with E-state index in [0.29, 0.717) is 12.0 Å². The SMILES string of the molecule is CN(C)[C@H]1C[C@@H](Cc2cccc(F)c2)c2ccccc21. The lowest BCUT2D eigenvalue weighted by Gasteiger charge is -2.20. The number of hydrogen-bond acceptors (Lipinski definition) is 1. The largest absolute Gasteiger partial charge is 0.302 e. The molecule has 0 unspecified atom stereocenters. The van der Waals surface area contributed by atoms with Crippen LogP contribution < -0.4 is 0 Å². The van der Waals surface area contributed by atoms with Crippen molar-refractivity contribution in [3.05, 3.63) is 71.0 Å². The second kappa shape index (κ2) is 5.37. The quantitative estimate of drug-likeness (QED) is 0.808. The van der Waals surface area contributed by atoms with Crippen molar-refractivity contribution in [1.29, 1.82) is 0 Å². The third-order valence-corrected chi connectivity index (χ3v) is 4.30. The van der Waals surface area contributed by atoms with E-state index in [2.05, 4.69) is 43.3 Å². The highest BCUT2D eigenvalue weighted by Crippen LogP contribution is 2.43. The molecule has 0 heterocycles. The van der Waals surface area contributed by atoms with Gasteiger partial charge in [0.2, 0.25) is 0 Å². The molecule has 1 aliphatic rings. The average Bonchev–Trinajstić information content (AvgIpc) is 2.78. The number of rotatable bonds is 3. The molecule has 2 aromatic carbocycles. The highest BCUT2D eigenvalue weighted by atomic mass is 19.1. The molecule has 2 atom stereocenters. The number of halogens is 1. The third kappa shape index (κ3) is 2.48. The standard InChI is InChI=1S/C18H20FN/c1-20(2)18-12-14(16-8-3-4-9-17(16)18)10-13-6-5-7-15(19)11-13/h3-9,11,14,18H,10,12H2,1-2H3/t14-,18+/m1/s1. The second-order valence-corrected chi connectivity index (χ2v) is 5.87. The summed E-state index contributed by atoms with van der Waals surface area (Å²) in [4.78, 5) is 2.28. The maximum atomic E-state index is 13.3. The number of hydrogen-bond donors (Lipinski definition) is 0. The zero-order chi connectivity index (χ0) is 14.1. The molecular formula is C18H20FN. The van der Waals surface area contributed by atoms with Crippen molar-refractivity contribution in [1.82, 2.24) is 4.90 Å². The summed E-state index contributed by atoms with van der Waals surface area (Å²) in [5.41, 5.74) is 3.94. The normalized spacial score (nSPS) is 21.2. The van der Waals surface area contributed by atoms with Crippen molar-refractivity contribution in [2.75, 3.05) is 14.1 Å². The molecule has 1 aliphatic carbocycles. The van der Waals surface area contributed by atoms with Crippen LogP contribution in [-0.2, 0) is 6.42 Å². The van der Waals surface area contributed by atoms with Crippen molar-refractivity contribution in [2.45, 2.75) is 24.8 Å². The van der Waals surface area contributed by atoms with Crippen molar-refractivity contribution >= 4 is 0 Å². The number of benzene rings is 2. The molecule has 0 amide bonds. The van der Waals surface area contributed by atoms with Crippen LogP contribution in [0.15, 0.2) is 48.5 Å². The number of nitrogens with zero attached hydrogens (tertiary/aromatic N) is 1. The minimum atomic E-state index is -0.141. The van der Waals surface area contributed by atoms with Gasteiger partial charge in [-0.2, -0.15) is 0 Å². The summed E-state index contributed by atoms with van der Waals surface area (Å²) in [7, 11) is 4.26. The van der Waals surface area contributed by atoms with Crippen LogP contribution in [0.4, 0.5) is 4.39 Å². The predicted octanol–water partition coefficient (Wildman–Crippen LogP) is 4.16. The van der Waals surface area contributed by atoms with Gasteiger partial charge in [0, 0.05) is 6.04 Å². The van der Waals surface area contributed by atoms with Crippen LogP contribution >= 0.6 is 0 Å². The Hall–Kier alpha value is -1.67. The highest BCUT2D eigenvalue weighted by Gasteiger charge is 2.31. The van der Waals surface area contributed by atoms with Crippen LogP contribution in [0.25, 0.3) is 0 Å². The van der Waals surface area contributed by atoms with E-state index >= 15 is 0 Å². The van der Waals surface area contributed by atoms with Crippen LogP contribution in [0.5, 0.6) is 0 Å². The van der Waals surface area contributed by atoms with E-state index in [4.69, 9.17) is 0 Å². The molecular weight excluding hydrogens is 249 g/mol. The third-order valence-electron chi connectivity index (χ3n) is 4.30. The average molecular weight is 269 g/mol. The van der Waals surface area contributed by atoms with E-state index in [-0.39, 0.29) is 5.82 Å². The molecule has 1 nitrogen and oxygen atoms in total. The maximum Gasteiger partial charge on any atom is 0.123 e. The molecule has 0 radical (unpaired) electrons. The topological polar surface area (TPSA) is 3.24 Å². The first-order valence-corrected chi connectivity index (χ1v) is 7.15. The van der Waals surface area contributed by atoms with Gasteiger partial charge in [-0.3, -0.25) is 0 Å². The molecule has 2 aromatic rings. The molecule has 0 spiro atoms. The molecule has 0 saturated heterocycles. The molecule has 0 aromatic heterocycles. The molecule has 20 heavy (non-hydrogen) atoms. The molecule has 0 fully saturated rings. The van der Waals surface area contributed by atoms with Gasteiger partial charge in [-0.15, -0.1) is 0 Å². The van der Waals surface area contributed by atoms with Crippen molar-refractivity contribution in [3.63, 3.8) is 0 Å². The van der Waals surface area contributed by atoms with E-state index in [0.717, 1.165) is 18.4 Å². The Labute approximate surface area is 120 Å². The van der Waals surface area contributed by atoms with Crippen LogP contribution in [0.3, 0.4) is 0 Å². The van der Waals surface area contributed by atoms with E-state index in [1.807, 2.05) is 6.07 Å². The van der Waals surface area contributed by atoms with Crippen molar-refractivity contribution in [2.24, 2.45) is 0 Å². The van der Waals surface area contributed by atoms with Crippen LogP contribution in [-0.4, -0.2) is 19.0 Å². The van der Waals surface area contributed by atoms with Crippen LogP contribution in [0, 0.1) is 5.82 Å². The first kappa shape index (κ1) is 13.3. The van der Waals surface area contributed by atoms with Gasteiger partial charge in [0.05, 0.1) is 0 Å².